The number of aromatic nitrogens is 3. The second kappa shape index (κ2) is 9.68. The third kappa shape index (κ3) is 4.12. The molecule has 4 aromatic rings. The first kappa shape index (κ1) is 24.7. The zero-order valence-corrected chi connectivity index (χ0v) is 22.9. The van der Waals surface area contributed by atoms with Gasteiger partial charge in [0.05, 0.1) is 35.5 Å². The molecule has 0 radical (unpaired) electrons. The smallest absolute Gasteiger partial charge is 0.141 e. The number of aliphatic hydroxyl groups is 1. The molecule has 4 heterocycles. The number of imidazole rings is 1. The van der Waals surface area contributed by atoms with E-state index in [0.29, 0.717) is 18.6 Å². The number of rotatable bonds is 5. The third-order valence-electron chi connectivity index (χ3n) is 9.01. The largest absolute Gasteiger partial charge is 0.493 e. The molecule has 8 heteroatoms. The minimum absolute atomic E-state index is 0.0181. The van der Waals surface area contributed by atoms with E-state index in [0.717, 1.165) is 96.0 Å². The number of hydrogen-bond donors (Lipinski definition) is 1. The molecular formula is C31H36N4O4. The number of benzene rings is 2. The van der Waals surface area contributed by atoms with Gasteiger partial charge in [-0.05, 0) is 93.8 Å². The fraction of sp³-hybridized carbons (Fsp3) is 0.484. The van der Waals surface area contributed by atoms with Crippen LogP contribution in [0.25, 0.3) is 22.2 Å². The standard InChI is InChI=1S/C31H36N4O4/c1-18-30(19(2)39-33-18)21-4-10-26-25(17-21)32-31(35(26)22-5-8-24(37-3)9-6-22)27-11-13-29(36)34(27)23-7-12-28-20(16-23)14-15-38-28/h4,7,10,12,16-17,22,24,27,29,36H,5-6,8-9,11,13-15H2,1-3H3/t22?,24?,27-,29?/m0/s1. The topological polar surface area (TPSA) is 85.8 Å². The van der Waals surface area contributed by atoms with E-state index in [2.05, 4.69) is 45.0 Å². The Balaban J connectivity index is 1.34. The monoisotopic (exact) mass is 528 g/mol. The Labute approximate surface area is 228 Å². The minimum atomic E-state index is -0.550. The second-order valence-corrected chi connectivity index (χ2v) is 11.3. The second-order valence-electron chi connectivity index (χ2n) is 11.3. The van der Waals surface area contributed by atoms with E-state index < -0.39 is 6.23 Å². The van der Waals surface area contributed by atoms with Crippen molar-refractivity contribution in [1.82, 2.24) is 14.7 Å². The van der Waals surface area contributed by atoms with Gasteiger partial charge in [0.1, 0.15) is 23.6 Å². The molecule has 1 saturated heterocycles. The summed E-state index contributed by atoms with van der Waals surface area (Å²) in [4.78, 5) is 7.50. The Morgan fingerprint density at radius 3 is 2.62 bits per heavy atom. The fourth-order valence-corrected chi connectivity index (χ4v) is 7.06. The van der Waals surface area contributed by atoms with Gasteiger partial charge in [-0.2, -0.15) is 0 Å². The van der Waals surface area contributed by atoms with E-state index in [9.17, 15) is 5.11 Å². The molecule has 1 unspecified atom stereocenters. The fourth-order valence-electron chi connectivity index (χ4n) is 7.06. The maximum atomic E-state index is 11.2. The average Bonchev–Trinajstić information content (AvgIpc) is 3.73. The van der Waals surface area contributed by atoms with Crippen LogP contribution in [0.15, 0.2) is 40.9 Å². The number of anilines is 1. The van der Waals surface area contributed by atoms with Crippen LogP contribution in [-0.2, 0) is 11.2 Å². The molecule has 3 aliphatic rings. The molecule has 0 spiro atoms. The maximum absolute atomic E-state index is 11.2. The van der Waals surface area contributed by atoms with Crippen LogP contribution in [0, 0.1) is 13.8 Å². The summed E-state index contributed by atoms with van der Waals surface area (Å²) >= 11 is 0. The van der Waals surface area contributed by atoms with Crippen molar-refractivity contribution in [2.24, 2.45) is 0 Å². The first-order chi connectivity index (χ1) is 19.0. The number of fused-ring (bicyclic) bond motifs is 2. The van der Waals surface area contributed by atoms with Crippen molar-refractivity contribution >= 4 is 16.7 Å². The predicted molar refractivity (Wildman–Crippen MR) is 149 cm³/mol. The lowest BCUT2D eigenvalue weighted by Gasteiger charge is -2.34. The van der Waals surface area contributed by atoms with Crippen molar-refractivity contribution < 1.29 is 19.1 Å². The van der Waals surface area contributed by atoms with Gasteiger partial charge < -0.3 is 28.6 Å². The zero-order valence-electron chi connectivity index (χ0n) is 22.9. The highest BCUT2D eigenvalue weighted by Gasteiger charge is 2.38. The molecule has 2 aromatic heterocycles. The molecule has 1 N–H and O–H groups in total. The summed E-state index contributed by atoms with van der Waals surface area (Å²) in [5.41, 5.74) is 7.35. The van der Waals surface area contributed by atoms with Crippen LogP contribution in [0.2, 0.25) is 0 Å². The number of nitrogens with zero attached hydrogens (tertiary/aromatic N) is 4. The van der Waals surface area contributed by atoms with E-state index in [1.165, 1.54) is 5.56 Å². The number of hydrogen-bond acceptors (Lipinski definition) is 7. The SMILES string of the molecule is COC1CCC(n2c([C@@H]3CCC(O)N3c3ccc4c(c3)CCO4)nc3cc(-c4c(C)noc4C)ccc32)CC1. The molecule has 0 bridgehead atoms. The third-order valence-corrected chi connectivity index (χ3v) is 9.01. The van der Waals surface area contributed by atoms with Crippen LogP contribution in [-0.4, -0.2) is 45.9 Å². The highest BCUT2D eigenvalue weighted by molar-refractivity contribution is 5.84. The molecule has 2 aliphatic heterocycles. The van der Waals surface area contributed by atoms with Gasteiger partial charge in [0, 0.05) is 30.8 Å². The molecule has 204 valence electrons. The summed E-state index contributed by atoms with van der Waals surface area (Å²) in [7, 11) is 1.82. The molecule has 2 fully saturated rings. The van der Waals surface area contributed by atoms with Gasteiger partial charge in [0.25, 0.3) is 0 Å². The van der Waals surface area contributed by atoms with E-state index >= 15 is 0 Å². The van der Waals surface area contributed by atoms with Crippen molar-refractivity contribution in [3.63, 3.8) is 0 Å². The molecule has 1 aliphatic carbocycles. The summed E-state index contributed by atoms with van der Waals surface area (Å²) in [5.74, 6) is 2.81. The first-order valence-electron chi connectivity index (χ1n) is 14.2. The van der Waals surface area contributed by atoms with E-state index in [1.807, 2.05) is 27.0 Å². The highest BCUT2D eigenvalue weighted by atomic mass is 16.5. The number of ether oxygens (including phenoxy) is 2. The molecule has 8 nitrogen and oxygen atoms in total. The first-order valence-corrected chi connectivity index (χ1v) is 14.2. The van der Waals surface area contributed by atoms with Crippen LogP contribution in [0.4, 0.5) is 5.69 Å². The summed E-state index contributed by atoms with van der Waals surface area (Å²) < 4.78 is 19.4. The number of aryl methyl sites for hydroxylation is 2. The van der Waals surface area contributed by atoms with Gasteiger partial charge in [-0.25, -0.2) is 4.98 Å². The van der Waals surface area contributed by atoms with Crippen LogP contribution < -0.4 is 9.64 Å². The molecule has 39 heavy (non-hydrogen) atoms. The summed E-state index contributed by atoms with van der Waals surface area (Å²) in [6.07, 6.45) is 6.42. The van der Waals surface area contributed by atoms with Crippen molar-refractivity contribution in [3.05, 3.63) is 59.2 Å². The van der Waals surface area contributed by atoms with Crippen LogP contribution in [0.3, 0.4) is 0 Å². The summed E-state index contributed by atoms with van der Waals surface area (Å²) in [6, 6.07) is 13.2. The lowest BCUT2D eigenvalue weighted by atomic mass is 9.92. The van der Waals surface area contributed by atoms with Crippen LogP contribution >= 0.6 is 0 Å². The normalized spacial score (nSPS) is 24.9. The highest BCUT2D eigenvalue weighted by Crippen LogP contribution is 2.44. The van der Waals surface area contributed by atoms with Gasteiger partial charge in [-0.3, -0.25) is 0 Å². The van der Waals surface area contributed by atoms with Gasteiger partial charge in [0.15, 0.2) is 0 Å². The Bertz CT molecular complexity index is 1500. The molecular weight excluding hydrogens is 492 g/mol. The van der Waals surface area contributed by atoms with Gasteiger partial charge in [-0.1, -0.05) is 11.2 Å². The lowest BCUT2D eigenvalue weighted by molar-refractivity contribution is 0.0584. The van der Waals surface area contributed by atoms with Gasteiger partial charge in [-0.15, -0.1) is 0 Å². The Kier molecular flexibility index (Phi) is 6.12. The molecule has 0 amide bonds. The van der Waals surface area contributed by atoms with Crippen LogP contribution in [0.5, 0.6) is 5.75 Å². The van der Waals surface area contributed by atoms with Crippen molar-refractivity contribution in [3.8, 4) is 16.9 Å². The predicted octanol–water partition coefficient (Wildman–Crippen LogP) is 6.03. The van der Waals surface area contributed by atoms with E-state index in [4.69, 9.17) is 19.0 Å². The van der Waals surface area contributed by atoms with Crippen LogP contribution in [0.1, 0.15) is 73.5 Å². The molecule has 1 saturated carbocycles. The van der Waals surface area contributed by atoms with Gasteiger partial charge >= 0.3 is 0 Å². The van der Waals surface area contributed by atoms with Crippen molar-refractivity contribution in [2.45, 2.75) is 83.2 Å². The lowest BCUT2D eigenvalue weighted by Crippen LogP contribution is -2.33. The van der Waals surface area contributed by atoms with Crippen molar-refractivity contribution in [2.75, 3.05) is 18.6 Å². The Morgan fingerprint density at radius 2 is 1.85 bits per heavy atom. The molecule has 2 aromatic carbocycles. The average molecular weight is 529 g/mol. The van der Waals surface area contributed by atoms with E-state index in [-0.39, 0.29) is 6.04 Å². The Morgan fingerprint density at radius 1 is 1.00 bits per heavy atom. The van der Waals surface area contributed by atoms with E-state index in [1.54, 1.807) is 0 Å². The van der Waals surface area contributed by atoms with Crippen molar-refractivity contribution in [1.29, 1.82) is 0 Å². The molecule has 2 atom stereocenters. The van der Waals surface area contributed by atoms with Gasteiger partial charge in [0.2, 0.25) is 0 Å². The zero-order chi connectivity index (χ0) is 26.7. The molecule has 7 rings (SSSR count). The summed E-state index contributed by atoms with van der Waals surface area (Å²) in [5, 5.41) is 15.4. The maximum Gasteiger partial charge on any atom is 0.141 e. The Hall–Kier alpha value is -3.36. The number of methoxy groups -OCH3 is 1. The number of aliphatic hydroxyl groups excluding tert-OH is 1. The minimum Gasteiger partial charge on any atom is -0.493 e. The summed E-state index contributed by atoms with van der Waals surface area (Å²) in [6.45, 7) is 4.66. The quantitative estimate of drug-likeness (QED) is 0.338.